The number of ether oxygens (including phenoxy) is 1. The van der Waals surface area contributed by atoms with Gasteiger partial charge in [-0.1, -0.05) is 19.8 Å². The van der Waals surface area contributed by atoms with Gasteiger partial charge in [0.1, 0.15) is 0 Å². The molecular formula is C13H22N2O3. The number of morpholine rings is 1. The Bertz CT molecular complexity index is 317. The molecule has 2 fully saturated rings. The van der Waals surface area contributed by atoms with Crippen molar-refractivity contribution in [2.24, 2.45) is 0 Å². The fourth-order valence-electron chi connectivity index (χ4n) is 2.81. The summed E-state index contributed by atoms with van der Waals surface area (Å²) < 4.78 is 5.73. The Kier molecular flexibility index (Phi) is 4.58. The van der Waals surface area contributed by atoms with Crippen molar-refractivity contribution in [3.63, 3.8) is 0 Å². The third-order valence-electron chi connectivity index (χ3n) is 3.81. The summed E-state index contributed by atoms with van der Waals surface area (Å²) >= 11 is 0. The third-order valence-corrected chi connectivity index (χ3v) is 3.81. The Morgan fingerprint density at radius 1 is 1.33 bits per heavy atom. The predicted molar refractivity (Wildman–Crippen MR) is 67.0 cm³/mol. The summed E-state index contributed by atoms with van der Waals surface area (Å²) in [6.07, 6.45) is 5.06. The summed E-state index contributed by atoms with van der Waals surface area (Å²) in [6, 6.07) is 0.221. The van der Waals surface area contributed by atoms with Crippen LogP contribution >= 0.6 is 0 Å². The van der Waals surface area contributed by atoms with E-state index in [-0.39, 0.29) is 30.5 Å². The molecule has 102 valence electrons. The first-order valence-electron chi connectivity index (χ1n) is 6.90. The van der Waals surface area contributed by atoms with E-state index in [2.05, 4.69) is 5.32 Å². The van der Waals surface area contributed by atoms with E-state index in [0.29, 0.717) is 19.6 Å². The van der Waals surface area contributed by atoms with Gasteiger partial charge in [-0.3, -0.25) is 9.59 Å². The van der Waals surface area contributed by atoms with Crippen LogP contribution in [0.1, 0.15) is 39.0 Å². The van der Waals surface area contributed by atoms with Crippen LogP contribution in [0.5, 0.6) is 0 Å². The molecule has 0 radical (unpaired) electrons. The highest BCUT2D eigenvalue weighted by molar-refractivity contribution is 5.84. The highest BCUT2D eigenvalue weighted by Gasteiger charge is 2.36. The number of carbonyl (C=O) groups excluding carboxylic acids is 2. The van der Waals surface area contributed by atoms with Crippen LogP contribution in [0.3, 0.4) is 0 Å². The average molecular weight is 254 g/mol. The maximum atomic E-state index is 12.1. The lowest BCUT2D eigenvalue weighted by molar-refractivity contribution is -0.149. The Morgan fingerprint density at radius 2 is 2.11 bits per heavy atom. The molecule has 5 nitrogen and oxygen atoms in total. The fraction of sp³-hybridized carbons (Fsp3) is 0.846. The lowest BCUT2D eigenvalue weighted by Crippen LogP contribution is -2.56. The van der Waals surface area contributed by atoms with Gasteiger partial charge in [0.2, 0.25) is 11.8 Å². The Labute approximate surface area is 108 Å². The monoisotopic (exact) mass is 254 g/mol. The lowest BCUT2D eigenvalue weighted by Gasteiger charge is -2.43. The zero-order chi connectivity index (χ0) is 13.0. The highest BCUT2D eigenvalue weighted by Crippen LogP contribution is 2.28. The van der Waals surface area contributed by atoms with Crippen LogP contribution in [0, 0.1) is 0 Å². The quantitative estimate of drug-likeness (QED) is 0.806. The molecule has 18 heavy (non-hydrogen) atoms. The van der Waals surface area contributed by atoms with E-state index in [1.807, 2.05) is 4.90 Å². The molecule has 1 N–H and O–H groups in total. The number of carbonyl (C=O) groups is 2. The van der Waals surface area contributed by atoms with Crippen LogP contribution in [-0.4, -0.2) is 48.6 Å². The SMILES string of the molecule is CCC(=O)NCC(=O)N1CCOC2CCCCC21. The molecule has 2 aliphatic rings. The molecule has 0 aromatic carbocycles. The summed E-state index contributed by atoms with van der Waals surface area (Å²) in [5.74, 6) is -0.0474. The number of hydrogen-bond donors (Lipinski definition) is 1. The number of rotatable bonds is 3. The summed E-state index contributed by atoms with van der Waals surface area (Å²) in [5.41, 5.74) is 0. The van der Waals surface area contributed by atoms with Crippen molar-refractivity contribution < 1.29 is 14.3 Å². The first-order chi connectivity index (χ1) is 8.72. The van der Waals surface area contributed by atoms with E-state index in [4.69, 9.17) is 4.74 Å². The second-order valence-corrected chi connectivity index (χ2v) is 4.98. The molecule has 1 saturated carbocycles. The van der Waals surface area contributed by atoms with Crippen molar-refractivity contribution >= 4 is 11.8 Å². The van der Waals surface area contributed by atoms with Crippen LogP contribution in [0.25, 0.3) is 0 Å². The zero-order valence-electron chi connectivity index (χ0n) is 11.0. The molecule has 1 aliphatic heterocycles. The van der Waals surface area contributed by atoms with Gasteiger partial charge in [0.15, 0.2) is 0 Å². The summed E-state index contributed by atoms with van der Waals surface area (Å²) in [7, 11) is 0. The van der Waals surface area contributed by atoms with Gasteiger partial charge in [0.05, 0.1) is 25.3 Å². The standard InChI is InChI=1S/C13H22N2O3/c1-2-12(16)14-9-13(17)15-7-8-18-11-6-4-3-5-10(11)15/h10-11H,2-9H2,1H3,(H,14,16). The van der Waals surface area contributed by atoms with Gasteiger partial charge in [-0.25, -0.2) is 0 Å². The van der Waals surface area contributed by atoms with Gasteiger partial charge >= 0.3 is 0 Å². The van der Waals surface area contributed by atoms with Gasteiger partial charge in [0.25, 0.3) is 0 Å². The minimum absolute atomic E-state index is 0.0250. The smallest absolute Gasteiger partial charge is 0.242 e. The molecule has 2 atom stereocenters. The molecule has 1 aliphatic carbocycles. The van der Waals surface area contributed by atoms with Gasteiger partial charge in [-0.2, -0.15) is 0 Å². The van der Waals surface area contributed by atoms with E-state index in [1.54, 1.807) is 6.92 Å². The molecule has 1 heterocycles. The van der Waals surface area contributed by atoms with Crippen LogP contribution in [-0.2, 0) is 14.3 Å². The van der Waals surface area contributed by atoms with Gasteiger partial charge in [-0.15, -0.1) is 0 Å². The Balaban J connectivity index is 1.89. The molecule has 0 aromatic rings. The van der Waals surface area contributed by atoms with Crippen LogP contribution < -0.4 is 5.32 Å². The van der Waals surface area contributed by atoms with Gasteiger partial charge < -0.3 is 15.0 Å². The number of nitrogens with one attached hydrogen (secondary N) is 1. The minimum Gasteiger partial charge on any atom is -0.374 e. The topological polar surface area (TPSA) is 58.6 Å². The number of nitrogens with zero attached hydrogens (tertiary/aromatic N) is 1. The molecule has 0 aromatic heterocycles. The number of fused-ring (bicyclic) bond motifs is 1. The summed E-state index contributed by atoms with van der Waals surface area (Å²) in [6.45, 7) is 3.18. The molecule has 0 bridgehead atoms. The van der Waals surface area contributed by atoms with E-state index >= 15 is 0 Å². The normalized spacial score (nSPS) is 27.5. The summed E-state index contributed by atoms with van der Waals surface area (Å²) in [5, 5.41) is 2.65. The van der Waals surface area contributed by atoms with Gasteiger partial charge in [-0.05, 0) is 12.8 Å². The van der Waals surface area contributed by atoms with Crippen molar-refractivity contribution in [3.8, 4) is 0 Å². The van der Waals surface area contributed by atoms with E-state index in [1.165, 1.54) is 6.42 Å². The number of hydrogen-bond acceptors (Lipinski definition) is 3. The van der Waals surface area contributed by atoms with Crippen molar-refractivity contribution in [1.29, 1.82) is 0 Å². The van der Waals surface area contributed by atoms with E-state index in [9.17, 15) is 9.59 Å². The number of amides is 2. The van der Waals surface area contributed by atoms with Crippen molar-refractivity contribution in [2.75, 3.05) is 19.7 Å². The molecule has 5 heteroatoms. The largest absolute Gasteiger partial charge is 0.374 e. The first-order valence-corrected chi connectivity index (χ1v) is 6.90. The van der Waals surface area contributed by atoms with Crippen LogP contribution in [0.15, 0.2) is 0 Å². The van der Waals surface area contributed by atoms with Crippen LogP contribution in [0.2, 0.25) is 0 Å². The highest BCUT2D eigenvalue weighted by atomic mass is 16.5. The molecule has 1 saturated heterocycles. The van der Waals surface area contributed by atoms with E-state index in [0.717, 1.165) is 19.3 Å². The molecule has 0 spiro atoms. The third kappa shape index (κ3) is 3.02. The first kappa shape index (κ1) is 13.3. The zero-order valence-corrected chi connectivity index (χ0v) is 11.0. The second-order valence-electron chi connectivity index (χ2n) is 4.98. The maximum absolute atomic E-state index is 12.1. The molecule has 2 amide bonds. The molecule has 2 rings (SSSR count). The second kappa shape index (κ2) is 6.18. The Morgan fingerprint density at radius 3 is 2.89 bits per heavy atom. The predicted octanol–water partition coefficient (Wildman–Crippen LogP) is 0.683. The fourth-order valence-corrected chi connectivity index (χ4v) is 2.81. The van der Waals surface area contributed by atoms with Crippen molar-refractivity contribution in [2.45, 2.75) is 51.2 Å². The maximum Gasteiger partial charge on any atom is 0.242 e. The Hall–Kier alpha value is -1.10. The van der Waals surface area contributed by atoms with Crippen molar-refractivity contribution in [1.82, 2.24) is 10.2 Å². The van der Waals surface area contributed by atoms with E-state index < -0.39 is 0 Å². The minimum atomic E-state index is -0.0724. The average Bonchev–Trinajstić information content (AvgIpc) is 2.43. The van der Waals surface area contributed by atoms with Crippen molar-refractivity contribution in [3.05, 3.63) is 0 Å². The van der Waals surface area contributed by atoms with Gasteiger partial charge in [0, 0.05) is 13.0 Å². The molecule has 2 unspecified atom stereocenters. The molecular weight excluding hydrogens is 232 g/mol. The summed E-state index contributed by atoms with van der Waals surface area (Å²) in [4.78, 5) is 25.2. The van der Waals surface area contributed by atoms with Crippen LogP contribution in [0.4, 0.5) is 0 Å². The lowest BCUT2D eigenvalue weighted by atomic mass is 9.90.